The zero-order valence-electron chi connectivity index (χ0n) is 18.2. The van der Waals surface area contributed by atoms with E-state index in [0.717, 1.165) is 17.0 Å². The Balaban J connectivity index is 1.55. The van der Waals surface area contributed by atoms with Crippen molar-refractivity contribution in [2.45, 2.75) is 20.5 Å². The molecule has 33 heavy (non-hydrogen) atoms. The van der Waals surface area contributed by atoms with Crippen molar-refractivity contribution >= 4 is 39.3 Å². The van der Waals surface area contributed by atoms with Gasteiger partial charge >= 0.3 is 11.9 Å². The maximum atomic E-state index is 12.7. The molecule has 2 N–H and O–H groups in total. The summed E-state index contributed by atoms with van der Waals surface area (Å²) < 4.78 is 17.3. The molecule has 0 bridgehead atoms. The molecule has 0 spiro atoms. The summed E-state index contributed by atoms with van der Waals surface area (Å²) in [4.78, 5) is 34.4. The number of aryl methyl sites for hydroxylation is 1. The lowest BCUT2D eigenvalue weighted by Gasteiger charge is -2.05. The van der Waals surface area contributed by atoms with Gasteiger partial charge in [0, 0.05) is 0 Å². The van der Waals surface area contributed by atoms with Crippen LogP contribution in [0.1, 0.15) is 38.5 Å². The number of fused-ring (bicyclic) bond motifs is 1. The summed E-state index contributed by atoms with van der Waals surface area (Å²) in [6.07, 6.45) is 1.60. The zero-order valence-corrected chi connectivity index (χ0v) is 19.0. The van der Waals surface area contributed by atoms with Crippen LogP contribution in [0.5, 0.6) is 5.75 Å². The number of anilines is 1. The number of hydrogen-bond acceptors (Lipinski definition) is 10. The van der Waals surface area contributed by atoms with Crippen molar-refractivity contribution in [1.29, 1.82) is 0 Å². The Morgan fingerprint density at radius 3 is 2.58 bits per heavy atom. The van der Waals surface area contributed by atoms with Gasteiger partial charge in [-0.25, -0.2) is 24.2 Å². The lowest BCUT2D eigenvalue weighted by Crippen LogP contribution is -2.10. The van der Waals surface area contributed by atoms with Gasteiger partial charge in [0.05, 0.1) is 31.0 Å². The maximum Gasteiger partial charge on any atom is 0.363 e. The Bertz CT molecular complexity index is 1330. The van der Waals surface area contributed by atoms with Gasteiger partial charge in [0.15, 0.2) is 18.2 Å². The van der Waals surface area contributed by atoms with Crippen molar-refractivity contribution in [2.24, 2.45) is 0 Å². The zero-order chi connectivity index (χ0) is 23.5. The van der Waals surface area contributed by atoms with E-state index in [0.29, 0.717) is 20.7 Å². The van der Waals surface area contributed by atoms with Crippen LogP contribution >= 0.6 is 11.3 Å². The quantitative estimate of drug-likeness (QED) is 0.407. The summed E-state index contributed by atoms with van der Waals surface area (Å²) in [7, 11) is 1.45. The average molecular weight is 468 g/mol. The molecule has 0 aliphatic heterocycles. The van der Waals surface area contributed by atoms with Crippen molar-refractivity contribution < 1.29 is 23.8 Å². The number of nitrogens with two attached hydrogens (primary N) is 1. The molecule has 0 aliphatic carbocycles. The molecule has 3 heterocycles. The molecule has 10 nitrogen and oxygen atoms in total. The molecule has 0 saturated carbocycles. The number of rotatable bonds is 7. The lowest BCUT2D eigenvalue weighted by molar-refractivity contribution is 0.0450. The Hall–Kier alpha value is -3.99. The van der Waals surface area contributed by atoms with Crippen LogP contribution in [-0.4, -0.2) is 45.4 Å². The topological polar surface area (TPSA) is 131 Å². The summed E-state index contributed by atoms with van der Waals surface area (Å²) in [6.45, 7) is 3.53. The number of nitrogen functional groups attached to an aromatic ring is 1. The van der Waals surface area contributed by atoms with Crippen LogP contribution in [0.4, 0.5) is 5.82 Å². The number of esters is 2. The van der Waals surface area contributed by atoms with Crippen molar-refractivity contribution in [1.82, 2.24) is 19.7 Å². The fourth-order valence-corrected chi connectivity index (χ4v) is 4.33. The molecule has 4 aromatic rings. The Morgan fingerprint density at radius 2 is 1.88 bits per heavy atom. The van der Waals surface area contributed by atoms with Gasteiger partial charge in [0.1, 0.15) is 15.5 Å². The van der Waals surface area contributed by atoms with Gasteiger partial charge in [0.25, 0.3) is 0 Å². The summed E-state index contributed by atoms with van der Waals surface area (Å²) in [5.41, 5.74) is 7.55. The number of benzene rings is 1. The van der Waals surface area contributed by atoms with E-state index in [9.17, 15) is 9.59 Å². The van der Waals surface area contributed by atoms with Crippen molar-refractivity contribution in [2.75, 3.05) is 19.5 Å². The van der Waals surface area contributed by atoms with Crippen LogP contribution in [0.25, 0.3) is 15.9 Å². The minimum atomic E-state index is -0.696. The molecule has 0 aliphatic rings. The molecular formula is C22H21N5O5S. The van der Waals surface area contributed by atoms with Gasteiger partial charge in [-0.05, 0) is 31.5 Å². The molecule has 3 aromatic heterocycles. The predicted molar refractivity (Wildman–Crippen MR) is 122 cm³/mol. The standard InChI is InChI=1S/C22H21N5O5S/c1-4-31-22(29)18-12(2)16-19(23)24-15(25-20(16)33-18)11-32-21(28)17-14(30-3)10-27(26-17)13-8-6-5-7-9-13/h5-10H,4,11H2,1-3H3,(H2,23,24,25). The second kappa shape index (κ2) is 9.25. The molecule has 4 rings (SSSR count). The van der Waals surface area contributed by atoms with E-state index in [1.807, 2.05) is 30.3 Å². The van der Waals surface area contributed by atoms with Gasteiger partial charge in [-0.2, -0.15) is 5.10 Å². The smallest absolute Gasteiger partial charge is 0.363 e. The molecule has 1 aromatic carbocycles. The van der Waals surface area contributed by atoms with Crippen LogP contribution in [0.3, 0.4) is 0 Å². The first-order chi connectivity index (χ1) is 15.9. The van der Waals surface area contributed by atoms with Gasteiger partial charge in [-0.1, -0.05) is 18.2 Å². The number of thiophene rings is 1. The molecule has 0 radical (unpaired) electrons. The highest BCUT2D eigenvalue weighted by Crippen LogP contribution is 2.33. The normalized spacial score (nSPS) is 10.9. The van der Waals surface area contributed by atoms with Crippen LogP contribution in [-0.2, 0) is 16.1 Å². The third-order valence-electron chi connectivity index (χ3n) is 4.77. The molecule has 0 unspecified atom stereocenters. The van der Waals surface area contributed by atoms with Gasteiger partial charge < -0.3 is 19.9 Å². The largest absolute Gasteiger partial charge is 0.493 e. The summed E-state index contributed by atoms with van der Waals surface area (Å²) in [5, 5.41) is 4.87. The van der Waals surface area contributed by atoms with Crippen LogP contribution < -0.4 is 10.5 Å². The predicted octanol–water partition coefficient (Wildman–Crippen LogP) is 3.31. The van der Waals surface area contributed by atoms with Crippen molar-refractivity contribution in [3.63, 3.8) is 0 Å². The van der Waals surface area contributed by atoms with Crippen molar-refractivity contribution in [3.8, 4) is 11.4 Å². The number of carbonyl (C=O) groups is 2. The highest BCUT2D eigenvalue weighted by molar-refractivity contribution is 7.20. The van der Waals surface area contributed by atoms with Crippen LogP contribution in [0.15, 0.2) is 36.5 Å². The minimum Gasteiger partial charge on any atom is -0.493 e. The highest BCUT2D eigenvalue weighted by Gasteiger charge is 2.23. The minimum absolute atomic E-state index is 0.0203. The summed E-state index contributed by atoms with van der Waals surface area (Å²) >= 11 is 1.16. The Labute approximate surface area is 192 Å². The number of ether oxygens (including phenoxy) is 3. The molecule has 0 fully saturated rings. The van der Waals surface area contributed by atoms with Crippen LogP contribution in [0, 0.1) is 6.92 Å². The number of aromatic nitrogens is 4. The molecule has 11 heteroatoms. The maximum absolute atomic E-state index is 12.7. The molecule has 0 amide bonds. The number of hydrogen-bond donors (Lipinski definition) is 1. The summed E-state index contributed by atoms with van der Waals surface area (Å²) in [6, 6.07) is 9.30. The number of nitrogens with zero attached hydrogens (tertiary/aromatic N) is 4. The van der Waals surface area contributed by atoms with E-state index >= 15 is 0 Å². The first kappa shape index (κ1) is 22.2. The monoisotopic (exact) mass is 467 g/mol. The van der Waals surface area contributed by atoms with Crippen molar-refractivity contribution in [3.05, 3.63) is 58.5 Å². The highest BCUT2D eigenvalue weighted by atomic mass is 32.1. The second-order valence-corrected chi connectivity index (χ2v) is 7.88. The third-order valence-corrected chi connectivity index (χ3v) is 5.94. The van der Waals surface area contributed by atoms with E-state index in [1.165, 1.54) is 11.8 Å². The number of carbonyl (C=O) groups excluding carboxylic acids is 2. The molecule has 170 valence electrons. The fraction of sp³-hybridized carbons (Fsp3) is 0.227. The van der Waals surface area contributed by atoms with Crippen LogP contribution in [0.2, 0.25) is 0 Å². The van der Waals surface area contributed by atoms with Gasteiger partial charge in [-0.3, -0.25) is 0 Å². The van der Waals surface area contributed by atoms with E-state index in [1.54, 1.807) is 20.0 Å². The Kier molecular flexibility index (Phi) is 6.22. The van der Waals surface area contributed by atoms with E-state index < -0.39 is 11.9 Å². The molecule has 0 saturated heterocycles. The average Bonchev–Trinajstić information content (AvgIpc) is 3.40. The van der Waals surface area contributed by atoms with Gasteiger partial charge in [-0.15, -0.1) is 11.3 Å². The second-order valence-electron chi connectivity index (χ2n) is 6.88. The SMILES string of the molecule is CCOC(=O)c1sc2nc(COC(=O)c3nn(-c4ccccc4)cc3OC)nc(N)c2c1C. The summed E-state index contributed by atoms with van der Waals surface area (Å²) in [5.74, 6) is -0.467. The first-order valence-electron chi connectivity index (χ1n) is 10.0. The molecule has 0 atom stereocenters. The van der Waals surface area contributed by atoms with E-state index in [4.69, 9.17) is 19.9 Å². The first-order valence-corrected chi connectivity index (χ1v) is 10.8. The third kappa shape index (κ3) is 4.35. The fourth-order valence-electron chi connectivity index (χ4n) is 3.23. The molecular weight excluding hydrogens is 446 g/mol. The number of para-hydroxylation sites is 1. The lowest BCUT2D eigenvalue weighted by atomic mass is 10.2. The van der Waals surface area contributed by atoms with Gasteiger partial charge in [0.2, 0.25) is 5.69 Å². The van der Waals surface area contributed by atoms with E-state index in [-0.39, 0.29) is 36.3 Å². The Morgan fingerprint density at radius 1 is 1.12 bits per heavy atom. The number of methoxy groups -OCH3 is 1. The van der Waals surface area contributed by atoms with E-state index in [2.05, 4.69) is 15.1 Å².